The van der Waals surface area contributed by atoms with Crippen LogP contribution in [0.1, 0.15) is 20.7 Å². The van der Waals surface area contributed by atoms with Crippen LogP contribution in [0.25, 0.3) is 0 Å². The molecule has 0 heterocycles. The van der Waals surface area contributed by atoms with Gasteiger partial charge in [-0.15, -0.1) is 0 Å². The molecule has 0 saturated heterocycles. The first-order valence-electron chi connectivity index (χ1n) is 5.81. The molecule has 0 fully saturated rings. The van der Waals surface area contributed by atoms with E-state index in [4.69, 9.17) is 25.2 Å². The number of benzene rings is 1. The molecule has 4 N–H and O–H groups in total. The summed E-state index contributed by atoms with van der Waals surface area (Å²) in [7, 11) is 0. The molecule has 1 rings (SSSR count). The molecule has 0 bridgehead atoms. The van der Waals surface area contributed by atoms with Crippen molar-refractivity contribution >= 4 is 11.9 Å². The van der Waals surface area contributed by atoms with Gasteiger partial charge in [-0.2, -0.15) is 0 Å². The van der Waals surface area contributed by atoms with E-state index in [1.165, 1.54) is 24.3 Å². The van der Waals surface area contributed by atoms with Crippen molar-refractivity contribution in [3.8, 4) is 0 Å². The molecule has 0 aliphatic heterocycles. The van der Waals surface area contributed by atoms with Crippen LogP contribution in [0.15, 0.2) is 24.3 Å². The maximum absolute atomic E-state index is 11.7. The van der Waals surface area contributed by atoms with Gasteiger partial charge in [0.2, 0.25) is 0 Å². The van der Waals surface area contributed by atoms with Crippen molar-refractivity contribution in [1.82, 2.24) is 0 Å². The van der Waals surface area contributed by atoms with E-state index in [0.717, 1.165) is 0 Å². The number of carbonyl (C=O) groups is 2. The standard InChI is InChI=1S/C13H16O7/c14-5-13(6-15,7-16)8-20-12(19)10-3-1-9(2-4-10)11(17)18/h1-4,14-16H,5-8H2,(H,17,18). The molecule has 0 amide bonds. The topological polar surface area (TPSA) is 124 Å². The molecule has 7 heteroatoms. The number of hydrogen-bond acceptors (Lipinski definition) is 6. The fourth-order valence-electron chi connectivity index (χ4n) is 1.34. The van der Waals surface area contributed by atoms with Crippen LogP contribution in [0.4, 0.5) is 0 Å². The van der Waals surface area contributed by atoms with Gasteiger partial charge in [0.25, 0.3) is 0 Å². The molecular formula is C13H16O7. The lowest BCUT2D eigenvalue weighted by molar-refractivity contribution is -0.0441. The molecule has 0 unspecified atom stereocenters. The molecule has 1 aromatic rings. The number of aromatic carboxylic acids is 1. The number of hydrogen-bond donors (Lipinski definition) is 4. The molecule has 0 aromatic heterocycles. The summed E-state index contributed by atoms with van der Waals surface area (Å²) in [5, 5.41) is 36.0. The molecule has 110 valence electrons. The number of ether oxygens (including phenoxy) is 1. The summed E-state index contributed by atoms with van der Waals surface area (Å²) in [4.78, 5) is 22.4. The number of rotatable bonds is 7. The molecule has 7 nitrogen and oxygen atoms in total. The Morgan fingerprint density at radius 3 is 1.80 bits per heavy atom. The maximum Gasteiger partial charge on any atom is 0.338 e. The van der Waals surface area contributed by atoms with Gasteiger partial charge >= 0.3 is 11.9 Å². The summed E-state index contributed by atoms with van der Waals surface area (Å²) in [6.07, 6.45) is 0. The van der Waals surface area contributed by atoms with Crippen molar-refractivity contribution in [2.75, 3.05) is 26.4 Å². The van der Waals surface area contributed by atoms with E-state index in [2.05, 4.69) is 0 Å². The zero-order valence-electron chi connectivity index (χ0n) is 10.7. The summed E-state index contributed by atoms with van der Waals surface area (Å²) in [6.45, 7) is -1.96. The lowest BCUT2D eigenvalue weighted by atomic mass is 9.92. The minimum Gasteiger partial charge on any atom is -0.478 e. The first-order valence-corrected chi connectivity index (χ1v) is 5.81. The molecule has 0 atom stereocenters. The molecule has 20 heavy (non-hydrogen) atoms. The van der Waals surface area contributed by atoms with Crippen LogP contribution in [0.2, 0.25) is 0 Å². The molecular weight excluding hydrogens is 268 g/mol. The first-order chi connectivity index (χ1) is 9.48. The number of aliphatic hydroxyl groups excluding tert-OH is 3. The van der Waals surface area contributed by atoms with Crippen molar-refractivity contribution in [3.63, 3.8) is 0 Å². The first kappa shape index (κ1) is 16.1. The van der Waals surface area contributed by atoms with Crippen LogP contribution < -0.4 is 0 Å². The van der Waals surface area contributed by atoms with Gasteiger partial charge in [-0.25, -0.2) is 9.59 Å². The number of carboxylic acids is 1. The Hall–Kier alpha value is -1.96. The van der Waals surface area contributed by atoms with E-state index >= 15 is 0 Å². The number of carbonyl (C=O) groups excluding carboxylic acids is 1. The average Bonchev–Trinajstić information content (AvgIpc) is 2.49. The van der Waals surface area contributed by atoms with Gasteiger partial charge in [-0.3, -0.25) is 0 Å². The zero-order valence-corrected chi connectivity index (χ0v) is 10.7. The highest BCUT2D eigenvalue weighted by Crippen LogP contribution is 2.16. The second-order valence-corrected chi connectivity index (χ2v) is 4.43. The average molecular weight is 284 g/mol. The van der Waals surface area contributed by atoms with Gasteiger partial charge in [0.1, 0.15) is 6.61 Å². The molecule has 0 aliphatic carbocycles. The van der Waals surface area contributed by atoms with Crippen molar-refractivity contribution in [3.05, 3.63) is 35.4 Å². The van der Waals surface area contributed by atoms with Crippen molar-refractivity contribution < 1.29 is 34.8 Å². The minimum atomic E-state index is -1.29. The monoisotopic (exact) mass is 284 g/mol. The third-order valence-electron chi connectivity index (χ3n) is 2.88. The largest absolute Gasteiger partial charge is 0.478 e. The third-order valence-corrected chi connectivity index (χ3v) is 2.88. The van der Waals surface area contributed by atoms with Gasteiger partial charge in [0.15, 0.2) is 0 Å². The van der Waals surface area contributed by atoms with E-state index in [0.29, 0.717) is 0 Å². The Morgan fingerprint density at radius 2 is 1.40 bits per heavy atom. The molecule has 0 radical (unpaired) electrons. The highest BCUT2D eigenvalue weighted by atomic mass is 16.5. The predicted octanol–water partition coefficient (Wildman–Crippen LogP) is -0.495. The third kappa shape index (κ3) is 3.77. The van der Waals surface area contributed by atoms with Gasteiger partial charge in [-0.1, -0.05) is 0 Å². The Labute approximate surface area is 115 Å². The Kier molecular flexibility index (Phi) is 5.63. The second-order valence-electron chi connectivity index (χ2n) is 4.43. The van der Waals surface area contributed by atoms with Crippen LogP contribution in [-0.4, -0.2) is 58.8 Å². The SMILES string of the molecule is O=C(O)c1ccc(C(=O)OCC(CO)(CO)CO)cc1. The lowest BCUT2D eigenvalue weighted by Gasteiger charge is -2.26. The maximum atomic E-state index is 11.7. The Balaban J connectivity index is 2.69. The van der Waals surface area contributed by atoms with Crippen molar-refractivity contribution in [1.29, 1.82) is 0 Å². The van der Waals surface area contributed by atoms with Gasteiger partial charge in [0.05, 0.1) is 36.4 Å². The van der Waals surface area contributed by atoms with E-state index in [9.17, 15) is 9.59 Å². The van der Waals surface area contributed by atoms with Crippen LogP contribution in [0.3, 0.4) is 0 Å². The number of aliphatic hydroxyl groups is 3. The molecule has 0 spiro atoms. The van der Waals surface area contributed by atoms with Crippen LogP contribution in [-0.2, 0) is 4.74 Å². The van der Waals surface area contributed by atoms with E-state index in [-0.39, 0.29) is 17.7 Å². The van der Waals surface area contributed by atoms with Crippen LogP contribution >= 0.6 is 0 Å². The fourth-order valence-corrected chi connectivity index (χ4v) is 1.34. The number of carboxylic acid groups (broad SMARTS) is 1. The van der Waals surface area contributed by atoms with E-state index < -0.39 is 37.2 Å². The Bertz CT molecular complexity index is 454. The van der Waals surface area contributed by atoms with E-state index in [1.807, 2.05) is 0 Å². The van der Waals surface area contributed by atoms with E-state index in [1.54, 1.807) is 0 Å². The summed E-state index contributed by atoms with van der Waals surface area (Å²) < 4.78 is 4.90. The normalized spacial score (nSPS) is 11.2. The fraction of sp³-hybridized carbons (Fsp3) is 0.385. The number of esters is 1. The summed E-state index contributed by atoms with van der Waals surface area (Å²) >= 11 is 0. The predicted molar refractivity (Wildman–Crippen MR) is 67.4 cm³/mol. The van der Waals surface area contributed by atoms with Gasteiger partial charge in [0, 0.05) is 0 Å². The quantitative estimate of drug-likeness (QED) is 0.498. The minimum absolute atomic E-state index is 0.0389. The lowest BCUT2D eigenvalue weighted by Crippen LogP contribution is -2.39. The summed E-state index contributed by atoms with van der Waals surface area (Å²) in [6, 6.07) is 5.11. The van der Waals surface area contributed by atoms with Crippen molar-refractivity contribution in [2.24, 2.45) is 5.41 Å². The summed E-state index contributed by atoms with van der Waals surface area (Å²) in [5.41, 5.74) is -1.12. The Morgan fingerprint density at radius 1 is 0.950 bits per heavy atom. The highest BCUT2D eigenvalue weighted by Gasteiger charge is 2.30. The highest BCUT2D eigenvalue weighted by molar-refractivity contribution is 5.92. The van der Waals surface area contributed by atoms with Crippen molar-refractivity contribution in [2.45, 2.75) is 0 Å². The molecule has 0 aliphatic rings. The smallest absolute Gasteiger partial charge is 0.338 e. The summed E-state index contributed by atoms with van der Waals surface area (Å²) in [5.74, 6) is -1.84. The van der Waals surface area contributed by atoms with Gasteiger partial charge in [-0.05, 0) is 24.3 Å². The van der Waals surface area contributed by atoms with Crippen LogP contribution in [0, 0.1) is 5.41 Å². The second kappa shape index (κ2) is 6.99. The van der Waals surface area contributed by atoms with Gasteiger partial charge < -0.3 is 25.2 Å². The van der Waals surface area contributed by atoms with Crippen LogP contribution in [0.5, 0.6) is 0 Å². The molecule has 0 saturated carbocycles. The zero-order chi connectivity index (χ0) is 15.2. The molecule has 1 aromatic carbocycles.